The number of carbonyl (C=O) groups excluding carboxylic acids is 1. The second-order valence-corrected chi connectivity index (χ2v) is 5.26. The molecule has 0 atom stereocenters. The van der Waals surface area contributed by atoms with Crippen LogP contribution >= 0.6 is 22.9 Å². The summed E-state index contributed by atoms with van der Waals surface area (Å²) in [6.07, 6.45) is 0. The summed E-state index contributed by atoms with van der Waals surface area (Å²) in [5.41, 5.74) is 2.83. The number of thiophene rings is 1. The van der Waals surface area contributed by atoms with Gasteiger partial charge in [-0.15, -0.1) is 0 Å². The molecule has 9 heteroatoms. The zero-order valence-electron chi connectivity index (χ0n) is 10.6. The van der Waals surface area contributed by atoms with E-state index in [1.165, 1.54) is 17.4 Å². The lowest BCUT2D eigenvalue weighted by molar-refractivity contribution is -0.384. The van der Waals surface area contributed by atoms with E-state index in [-0.39, 0.29) is 22.0 Å². The predicted molar refractivity (Wildman–Crippen MR) is 81.4 cm³/mol. The molecule has 0 aliphatic heterocycles. The Hall–Kier alpha value is -2.16. The van der Waals surface area contributed by atoms with Gasteiger partial charge in [0.25, 0.3) is 11.6 Å². The van der Waals surface area contributed by atoms with Crippen molar-refractivity contribution in [2.45, 2.75) is 6.54 Å². The Bertz CT molecular complexity index is 675. The monoisotopic (exact) mass is 326 g/mol. The fourth-order valence-electron chi connectivity index (χ4n) is 1.69. The quantitative estimate of drug-likeness (QED) is 0.444. The Labute approximate surface area is 128 Å². The Kier molecular flexibility index (Phi) is 4.73. The molecule has 21 heavy (non-hydrogen) atoms. The van der Waals surface area contributed by atoms with Gasteiger partial charge in [0, 0.05) is 18.2 Å². The number of hydrogen-bond donors (Lipinski definition) is 3. The first-order chi connectivity index (χ1) is 10.0. The van der Waals surface area contributed by atoms with E-state index < -0.39 is 10.8 Å². The molecule has 0 saturated carbocycles. The molecule has 110 valence electrons. The maximum absolute atomic E-state index is 12.0. The van der Waals surface area contributed by atoms with Crippen molar-refractivity contribution in [3.05, 3.63) is 55.2 Å². The van der Waals surface area contributed by atoms with E-state index in [1.807, 2.05) is 16.8 Å². The molecule has 1 aromatic heterocycles. The maximum Gasteiger partial charge on any atom is 0.295 e. The first kappa shape index (κ1) is 15.2. The molecule has 0 saturated heterocycles. The van der Waals surface area contributed by atoms with Crippen molar-refractivity contribution in [2.75, 3.05) is 5.43 Å². The number of nitro benzene ring substituents is 1. The van der Waals surface area contributed by atoms with Crippen LogP contribution in [0.5, 0.6) is 0 Å². The molecule has 0 unspecified atom stereocenters. The topological polar surface area (TPSA) is 110 Å². The second kappa shape index (κ2) is 6.53. The molecule has 0 radical (unpaired) electrons. The molecule has 4 N–H and O–H groups in total. The van der Waals surface area contributed by atoms with Crippen LogP contribution in [0.4, 0.5) is 11.4 Å². The van der Waals surface area contributed by atoms with Crippen LogP contribution in [0.2, 0.25) is 5.02 Å². The number of hydrogen-bond acceptors (Lipinski definition) is 6. The van der Waals surface area contributed by atoms with E-state index in [0.717, 1.165) is 11.6 Å². The largest absolute Gasteiger partial charge is 0.348 e. The third-order valence-corrected chi connectivity index (χ3v) is 3.74. The van der Waals surface area contributed by atoms with Gasteiger partial charge in [-0.25, -0.2) is 0 Å². The molecule has 0 aliphatic carbocycles. The minimum absolute atomic E-state index is 0.00684. The van der Waals surface area contributed by atoms with Gasteiger partial charge in [0.05, 0.1) is 9.95 Å². The fraction of sp³-hybridized carbons (Fsp3) is 0.0833. The molecule has 1 aromatic carbocycles. The number of nitrogens with two attached hydrogens (primary N) is 1. The molecule has 1 heterocycles. The smallest absolute Gasteiger partial charge is 0.295 e. The second-order valence-electron chi connectivity index (χ2n) is 4.07. The van der Waals surface area contributed by atoms with Crippen LogP contribution in [-0.4, -0.2) is 10.8 Å². The third-order valence-electron chi connectivity index (χ3n) is 2.71. The van der Waals surface area contributed by atoms with Crippen LogP contribution in [-0.2, 0) is 6.54 Å². The average Bonchev–Trinajstić information content (AvgIpc) is 2.96. The van der Waals surface area contributed by atoms with Gasteiger partial charge in [0.15, 0.2) is 0 Å². The number of rotatable bonds is 5. The predicted octanol–water partition coefficient (Wildman–Crippen LogP) is 2.53. The number of nitrogens with one attached hydrogen (secondary N) is 2. The van der Waals surface area contributed by atoms with Crippen molar-refractivity contribution in [3.63, 3.8) is 0 Å². The van der Waals surface area contributed by atoms with E-state index in [4.69, 9.17) is 17.4 Å². The number of benzene rings is 1. The van der Waals surface area contributed by atoms with Gasteiger partial charge >= 0.3 is 0 Å². The van der Waals surface area contributed by atoms with Gasteiger partial charge in [-0.1, -0.05) is 11.6 Å². The highest BCUT2D eigenvalue weighted by molar-refractivity contribution is 7.07. The lowest BCUT2D eigenvalue weighted by Gasteiger charge is -2.08. The van der Waals surface area contributed by atoms with E-state index in [2.05, 4.69) is 10.7 Å². The number of amides is 1. The number of nitrogens with zero attached hydrogens (tertiary/aromatic N) is 1. The number of carbonyl (C=O) groups is 1. The lowest BCUT2D eigenvalue weighted by atomic mass is 10.1. The Morgan fingerprint density at radius 3 is 2.81 bits per heavy atom. The van der Waals surface area contributed by atoms with Crippen LogP contribution in [0.15, 0.2) is 29.0 Å². The van der Waals surface area contributed by atoms with Crippen LogP contribution < -0.4 is 16.6 Å². The van der Waals surface area contributed by atoms with Crippen molar-refractivity contribution in [3.8, 4) is 0 Å². The van der Waals surface area contributed by atoms with Gasteiger partial charge in [-0.3, -0.25) is 20.8 Å². The van der Waals surface area contributed by atoms with Crippen molar-refractivity contribution in [1.29, 1.82) is 0 Å². The summed E-state index contributed by atoms with van der Waals surface area (Å²) in [4.78, 5) is 22.3. The zero-order valence-corrected chi connectivity index (χ0v) is 12.2. The van der Waals surface area contributed by atoms with E-state index in [1.54, 1.807) is 0 Å². The van der Waals surface area contributed by atoms with Gasteiger partial charge in [-0.05, 0) is 28.5 Å². The number of nitro groups is 1. The Balaban J connectivity index is 2.23. The molecular weight excluding hydrogens is 316 g/mol. The number of anilines is 1. The van der Waals surface area contributed by atoms with Crippen LogP contribution in [0.1, 0.15) is 15.9 Å². The molecule has 0 spiro atoms. The van der Waals surface area contributed by atoms with Crippen LogP contribution in [0.25, 0.3) is 0 Å². The molecule has 0 fully saturated rings. The zero-order chi connectivity index (χ0) is 15.4. The normalized spacial score (nSPS) is 10.2. The number of nitrogen functional groups attached to an aromatic ring is 1. The molecule has 0 bridgehead atoms. The van der Waals surface area contributed by atoms with E-state index >= 15 is 0 Å². The summed E-state index contributed by atoms with van der Waals surface area (Å²) < 4.78 is 0. The number of hydrazine groups is 1. The maximum atomic E-state index is 12.0. The van der Waals surface area contributed by atoms with Crippen LogP contribution in [0.3, 0.4) is 0 Å². The summed E-state index contributed by atoms with van der Waals surface area (Å²) >= 11 is 7.41. The standard InChI is InChI=1S/C12H11ClN4O3S/c13-9-3-8(4-10(17(19)20)11(9)16-14)12(18)15-5-7-1-2-21-6-7/h1-4,6,16H,5,14H2,(H,15,18). The highest BCUT2D eigenvalue weighted by Crippen LogP contribution is 2.32. The minimum Gasteiger partial charge on any atom is -0.348 e. The molecule has 2 rings (SSSR count). The summed E-state index contributed by atoms with van der Waals surface area (Å²) in [5, 5.41) is 17.4. The Morgan fingerprint density at radius 2 is 2.24 bits per heavy atom. The first-order valence-corrected chi connectivity index (χ1v) is 7.09. The minimum atomic E-state index is -0.656. The van der Waals surface area contributed by atoms with Crippen molar-refractivity contribution < 1.29 is 9.72 Å². The highest BCUT2D eigenvalue weighted by Gasteiger charge is 2.20. The fourth-order valence-corrected chi connectivity index (χ4v) is 2.63. The van der Waals surface area contributed by atoms with E-state index in [9.17, 15) is 14.9 Å². The summed E-state index contributed by atoms with van der Waals surface area (Å²) in [6, 6.07) is 4.33. The van der Waals surface area contributed by atoms with Crippen molar-refractivity contribution >= 4 is 40.2 Å². The van der Waals surface area contributed by atoms with Gasteiger partial charge in [-0.2, -0.15) is 11.3 Å². The molecule has 1 amide bonds. The van der Waals surface area contributed by atoms with Crippen molar-refractivity contribution in [1.82, 2.24) is 5.32 Å². The summed E-state index contributed by atoms with van der Waals surface area (Å²) in [7, 11) is 0. The van der Waals surface area contributed by atoms with Gasteiger partial charge < -0.3 is 10.7 Å². The Morgan fingerprint density at radius 1 is 1.48 bits per heavy atom. The van der Waals surface area contributed by atoms with Gasteiger partial charge in [0.2, 0.25) is 0 Å². The number of halogens is 1. The highest BCUT2D eigenvalue weighted by atomic mass is 35.5. The molecule has 0 aliphatic rings. The summed E-state index contributed by atoms with van der Waals surface area (Å²) in [5.74, 6) is 4.75. The van der Waals surface area contributed by atoms with Crippen LogP contribution in [0, 0.1) is 10.1 Å². The van der Waals surface area contributed by atoms with Gasteiger partial charge in [0.1, 0.15) is 5.69 Å². The third kappa shape index (κ3) is 3.48. The molecule has 2 aromatic rings. The lowest BCUT2D eigenvalue weighted by Crippen LogP contribution is -2.23. The molecular formula is C12H11ClN4O3S. The van der Waals surface area contributed by atoms with Crippen molar-refractivity contribution in [2.24, 2.45) is 5.84 Å². The first-order valence-electron chi connectivity index (χ1n) is 5.76. The summed E-state index contributed by atoms with van der Waals surface area (Å²) in [6.45, 7) is 0.338. The average molecular weight is 327 g/mol. The van der Waals surface area contributed by atoms with E-state index in [0.29, 0.717) is 6.54 Å². The SMILES string of the molecule is NNc1c(Cl)cc(C(=O)NCc2ccsc2)cc1[N+](=O)[O-]. The molecule has 7 nitrogen and oxygen atoms in total.